The number of nitrogens with two attached hydrogens (primary N) is 1. The third-order valence-electron chi connectivity index (χ3n) is 3.68. The van der Waals surface area contributed by atoms with Gasteiger partial charge in [0.2, 0.25) is 5.91 Å². The average molecular weight is 278 g/mol. The molecular weight excluding hydrogens is 256 g/mol. The molecule has 0 spiro atoms. The fourth-order valence-corrected chi connectivity index (χ4v) is 3.37. The van der Waals surface area contributed by atoms with E-state index in [1.165, 1.54) is 25.7 Å². The van der Waals surface area contributed by atoms with E-state index in [2.05, 4.69) is 5.32 Å². The molecule has 3 nitrogen and oxygen atoms in total. The van der Waals surface area contributed by atoms with Crippen LogP contribution in [0.25, 0.3) is 0 Å². The van der Waals surface area contributed by atoms with E-state index in [1.807, 2.05) is 30.3 Å². The Morgan fingerprint density at radius 3 is 2.63 bits per heavy atom. The number of nitrogens with one attached hydrogen (secondary N) is 1. The summed E-state index contributed by atoms with van der Waals surface area (Å²) in [5.41, 5.74) is 5.79. The van der Waals surface area contributed by atoms with E-state index in [1.54, 1.807) is 11.8 Å². The van der Waals surface area contributed by atoms with Crippen molar-refractivity contribution in [1.29, 1.82) is 0 Å². The maximum atomic E-state index is 12.0. The van der Waals surface area contributed by atoms with Crippen LogP contribution in [0.2, 0.25) is 0 Å². The Hall–Kier alpha value is -1.00. The molecule has 2 rings (SSSR count). The molecule has 0 bridgehead atoms. The maximum Gasteiger partial charge on any atom is 0.230 e. The smallest absolute Gasteiger partial charge is 0.230 e. The number of benzene rings is 1. The Kier molecular flexibility index (Phi) is 5.73. The fraction of sp³-hybridized carbons (Fsp3) is 0.533. The molecule has 1 unspecified atom stereocenters. The third-order valence-corrected chi connectivity index (χ3v) is 4.69. The standard InChI is InChI=1S/C15H22N2OS/c16-10-14(12-6-4-5-7-12)17-15(18)11-19-13-8-2-1-3-9-13/h1-3,8-9,12,14H,4-7,10-11,16H2,(H,17,18). The zero-order valence-corrected chi connectivity index (χ0v) is 12.0. The van der Waals surface area contributed by atoms with Gasteiger partial charge >= 0.3 is 0 Å². The minimum atomic E-state index is 0.0937. The lowest BCUT2D eigenvalue weighted by molar-refractivity contribution is -0.119. The second kappa shape index (κ2) is 7.56. The molecule has 0 saturated heterocycles. The largest absolute Gasteiger partial charge is 0.351 e. The lowest BCUT2D eigenvalue weighted by Crippen LogP contribution is -2.45. The van der Waals surface area contributed by atoms with Crippen LogP contribution >= 0.6 is 11.8 Å². The summed E-state index contributed by atoms with van der Waals surface area (Å²) in [7, 11) is 0. The highest BCUT2D eigenvalue weighted by atomic mass is 32.2. The van der Waals surface area contributed by atoms with Gasteiger partial charge in [-0.3, -0.25) is 4.79 Å². The summed E-state index contributed by atoms with van der Waals surface area (Å²) < 4.78 is 0. The first-order valence-electron chi connectivity index (χ1n) is 6.97. The first-order chi connectivity index (χ1) is 9.29. The van der Waals surface area contributed by atoms with Gasteiger partial charge in [-0.15, -0.1) is 11.8 Å². The SMILES string of the molecule is NCC(NC(=O)CSc1ccccc1)C1CCCC1. The Bertz CT molecular complexity index is 390. The van der Waals surface area contributed by atoms with Gasteiger partial charge in [-0.25, -0.2) is 0 Å². The lowest BCUT2D eigenvalue weighted by Gasteiger charge is -2.23. The zero-order valence-electron chi connectivity index (χ0n) is 11.2. The highest BCUT2D eigenvalue weighted by Gasteiger charge is 2.25. The van der Waals surface area contributed by atoms with E-state index in [0.29, 0.717) is 18.2 Å². The van der Waals surface area contributed by atoms with Crippen molar-refractivity contribution in [3.63, 3.8) is 0 Å². The summed E-state index contributed by atoms with van der Waals surface area (Å²) in [5, 5.41) is 3.09. The molecule has 1 aromatic carbocycles. The van der Waals surface area contributed by atoms with Crippen molar-refractivity contribution >= 4 is 17.7 Å². The normalized spacial score (nSPS) is 17.3. The topological polar surface area (TPSA) is 55.1 Å². The predicted molar refractivity (Wildman–Crippen MR) is 80.1 cm³/mol. The molecule has 0 heterocycles. The Labute approximate surface area is 119 Å². The summed E-state index contributed by atoms with van der Waals surface area (Å²) in [4.78, 5) is 13.1. The third kappa shape index (κ3) is 4.55. The predicted octanol–water partition coefficient (Wildman–Crippen LogP) is 2.41. The number of carbonyl (C=O) groups is 1. The van der Waals surface area contributed by atoms with Gasteiger partial charge in [0.1, 0.15) is 0 Å². The summed E-state index contributed by atoms with van der Waals surface area (Å²) in [6, 6.07) is 10.2. The van der Waals surface area contributed by atoms with Gasteiger partial charge in [0.05, 0.1) is 5.75 Å². The number of hydrogen-bond acceptors (Lipinski definition) is 3. The van der Waals surface area contributed by atoms with Crippen molar-refractivity contribution in [3.8, 4) is 0 Å². The van der Waals surface area contributed by atoms with E-state index in [-0.39, 0.29) is 11.9 Å². The van der Waals surface area contributed by atoms with Crippen LogP contribution in [0.15, 0.2) is 35.2 Å². The minimum absolute atomic E-state index is 0.0937. The number of rotatable bonds is 6. The number of thioether (sulfide) groups is 1. The molecule has 1 amide bonds. The van der Waals surface area contributed by atoms with Crippen molar-refractivity contribution in [2.24, 2.45) is 11.7 Å². The molecule has 3 N–H and O–H groups in total. The molecule has 1 saturated carbocycles. The van der Waals surface area contributed by atoms with Gasteiger partial charge < -0.3 is 11.1 Å². The molecule has 0 aromatic heterocycles. The van der Waals surface area contributed by atoms with Crippen LogP contribution in [-0.2, 0) is 4.79 Å². The van der Waals surface area contributed by atoms with Gasteiger partial charge in [-0.1, -0.05) is 31.0 Å². The number of amides is 1. The molecule has 0 aliphatic heterocycles. The monoisotopic (exact) mass is 278 g/mol. The summed E-state index contributed by atoms with van der Waals surface area (Å²) in [6.07, 6.45) is 4.95. The van der Waals surface area contributed by atoms with Crippen molar-refractivity contribution in [1.82, 2.24) is 5.32 Å². The average Bonchev–Trinajstić information content (AvgIpc) is 2.97. The van der Waals surface area contributed by atoms with Gasteiger partial charge in [0.25, 0.3) is 0 Å². The molecule has 1 aliphatic carbocycles. The quantitative estimate of drug-likeness (QED) is 0.786. The maximum absolute atomic E-state index is 12.0. The second-order valence-electron chi connectivity index (χ2n) is 5.06. The first-order valence-corrected chi connectivity index (χ1v) is 7.95. The fourth-order valence-electron chi connectivity index (χ4n) is 2.64. The zero-order chi connectivity index (χ0) is 13.5. The van der Waals surface area contributed by atoms with Crippen molar-refractivity contribution in [2.45, 2.75) is 36.6 Å². The van der Waals surface area contributed by atoms with Crippen LogP contribution in [0.1, 0.15) is 25.7 Å². The van der Waals surface area contributed by atoms with Crippen LogP contribution in [-0.4, -0.2) is 24.2 Å². The summed E-state index contributed by atoms with van der Waals surface area (Å²) in [6.45, 7) is 0.548. The van der Waals surface area contributed by atoms with Gasteiger partial charge in [0, 0.05) is 17.5 Å². The molecule has 19 heavy (non-hydrogen) atoms. The van der Waals surface area contributed by atoms with Crippen LogP contribution < -0.4 is 11.1 Å². The van der Waals surface area contributed by atoms with E-state index < -0.39 is 0 Å². The summed E-state index contributed by atoms with van der Waals surface area (Å²) >= 11 is 1.57. The van der Waals surface area contributed by atoms with Crippen LogP contribution in [0.3, 0.4) is 0 Å². The van der Waals surface area contributed by atoms with E-state index in [0.717, 1.165) is 4.90 Å². The summed E-state index contributed by atoms with van der Waals surface area (Å²) in [5.74, 6) is 1.14. The molecule has 0 radical (unpaired) electrons. The van der Waals surface area contributed by atoms with Crippen LogP contribution in [0, 0.1) is 5.92 Å². The van der Waals surface area contributed by atoms with E-state index in [9.17, 15) is 4.79 Å². The first kappa shape index (κ1) is 14.4. The highest BCUT2D eigenvalue weighted by molar-refractivity contribution is 8.00. The Morgan fingerprint density at radius 1 is 1.32 bits per heavy atom. The molecule has 4 heteroatoms. The van der Waals surface area contributed by atoms with Gasteiger partial charge in [-0.2, -0.15) is 0 Å². The number of hydrogen-bond donors (Lipinski definition) is 2. The molecule has 1 atom stereocenters. The Balaban J connectivity index is 1.76. The molecule has 1 fully saturated rings. The van der Waals surface area contributed by atoms with Gasteiger partial charge in [-0.05, 0) is 30.9 Å². The molecular formula is C15H22N2OS. The minimum Gasteiger partial charge on any atom is -0.351 e. The second-order valence-corrected chi connectivity index (χ2v) is 6.10. The molecule has 1 aromatic rings. The van der Waals surface area contributed by atoms with E-state index >= 15 is 0 Å². The molecule has 1 aliphatic rings. The van der Waals surface area contributed by atoms with Crippen molar-refractivity contribution < 1.29 is 4.79 Å². The van der Waals surface area contributed by atoms with Crippen molar-refractivity contribution in [2.75, 3.05) is 12.3 Å². The lowest BCUT2D eigenvalue weighted by atomic mass is 9.98. The highest BCUT2D eigenvalue weighted by Crippen LogP contribution is 2.27. The van der Waals surface area contributed by atoms with Crippen LogP contribution in [0.4, 0.5) is 0 Å². The van der Waals surface area contributed by atoms with Crippen LogP contribution in [0.5, 0.6) is 0 Å². The number of carbonyl (C=O) groups excluding carboxylic acids is 1. The Morgan fingerprint density at radius 2 is 2.00 bits per heavy atom. The van der Waals surface area contributed by atoms with E-state index in [4.69, 9.17) is 5.73 Å². The van der Waals surface area contributed by atoms with Crippen molar-refractivity contribution in [3.05, 3.63) is 30.3 Å². The molecule has 104 valence electrons. The van der Waals surface area contributed by atoms with Gasteiger partial charge in [0.15, 0.2) is 0 Å².